The summed E-state index contributed by atoms with van der Waals surface area (Å²) in [4.78, 5) is 24.6. The molecule has 0 aliphatic heterocycles. The average Bonchev–Trinajstić information content (AvgIpc) is 2.80. The van der Waals surface area contributed by atoms with Gasteiger partial charge in [0.2, 0.25) is 0 Å². The van der Waals surface area contributed by atoms with Crippen LogP contribution < -0.4 is 20.1 Å². The number of halogens is 1. The number of urea groups is 1. The molecule has 2 aromatic carbocycles. The van der Waals surface area contributed by atoms with Gasteiger partial charge in [0, 0.05) is 12.6 Å². The molecular weight excluding hydrogens is 473 g/mol. The second-order valence-corrected chi connectivity index (χ2v) is 11.2. The molecule has 0 unspecified atom stereocenters. The molecule has 0 saturated heterocycles. The third-order valence-corrected chi connectivity index (χ3v) is 7.59. The fraction of sp³-hybridized carbons (Fsp3) is 0.440. The molecule has 0 bridgehead atoms. The van der Waals surface area contributed by atoms with Gasteiger partial charge in [-0.05, 0) is 73.4 Å². The first kappa shape index (κ1) is 26.5. The summed E-state index contributed by atoms with van der Waals surface area (Å²) in [6, 6.07) is 8.98. The Morgan fingerprint density at radius 2 is 1.74 bits per heavy atom. The fourth-order valence-electron chi connectivity index (χ4n) is 4.05. The van der Waals surface area contributed by atoms with Gasteiger partial charge in [0.15, 0.2) is 0 Å². The molecule has 0 aromatic heterocycles. The summed E-state index contributed by atoms with van der Waals surface area (Å²) in [5, 5.41) is 5.45. The number of sulfonamides is 1. The second kappa shape index (κ2) is 11.1. The van der Waals surface area contributed by atoms with Crippen LogP contribution in [-0.4, -0.2) is 40.1 Å². The standard InChI is InChI=1S/C25H32FN3O5S/c1-25(2)13-10-19(11-14-25)28-24(31)29-35(32,33)20-7-4-17(5-8-20)12-15-27-23(30)21-16-18(26)6-9-22(21)34-3/h4-9,16,19H,10-15H2,1-3H3,(H,27,30)(H2,28,29,31). The smallest absolute Gasteiger partial charge is 0.328 e. The van der Waals surface area contributed by atoms with Crippen LogP contribution in [0.4, 0.5) is 9.18 Å². The number of ether oxygens (including phenoxy) is 1. The Hall–Kier alpha value is -3.14. The van der Waals surface area contributed by atoms with Gasteiger partial charge in [-0.1, -0.05) is 26.0 Å². The lowest BCUT2D eigenvalue weighted by Crippen LogP contribution is -2.46. The zero-order valence-electron chi connectivity index (χ0n) is 20.2. The number of hydrogen-bond donors (Lipinski definition) is 3. The minimum Gasteiger partial charge on any atom is -0.496 e. The van der Waals surface area contributed by atoms with Crippen LogP contribution in [0.1, 0.15) is 55.5 Å². The Balaban J connectivity index is 1.50. The number of nitrogens with one attached hydrogen (secondary N) is 3. The first-order chi connectivity index (χ1) is 16.5. The third-order valence-electron chi connectivity index (χ3n) is 6.24. The maximum absolute atomic E-state index is 13.5. The highest BCUT2D eigenvalue weighted by Crippen LogP contribution is 2.35. The Morgan fingerprint density at radius 1 is 1.09 bits per heavy atom. The zero-order chi connectivity index (χ0) is 25.6. The van der Waals surface area contributed by atoms with Gasteiger partial charge in [0.25, 0.3) is 15.9 Å². The molecule has 0 heterocycles. The Labute approximate surface area is 205 Å². The Bertz CT molecular complexity index is 1160. The SMILES string of the molecule is COc1ccc(F)cc1C(=O)NCCc1ccc(S(=O)(=O)NC(=O)NC2CCC(C)(C)CC2)cc1. The van der Waals surface area contributed by atoms with Crippen LogP contribution in [0.25, 0.3) is 0 Å². The highest BCUT2D eigenvalue weighted by Gasteiger charge is 2.28. The molecule has 1 fully saturated rings. The summed E-state index contributed by atoms with van der Waals surface area (Å²) in [7, 11) is -2.62. The highest BCUT2D eigenvalue weighted by atomic mass is 32.2. The maximum atomic E-state index is 13.5. The summed E-state index contributed by atoms with van der Waals surface area (Å²) < 4.78 is 45.8. The van der Waals surface area contributed by atoms with Crippen LogP contribution in [0, 0.1) is 11.2 Å². The second-order valence-electron chi connectivity index (χ2n) is 9.51. The average molecular weight is 506 g/mol. The van der Waals surface area contributed by atoms with Gasteiger partial charge in [-0.2, -0.15) is 0 Å². The van der Waals surface area contributed by atoms with Crippen molar-refractivity contribution in [1.82, 2.24) is 15.4 Å². The van der Waals surface area contributed by atoms with Gasteiger partial charge >= 0.3 is 6.03 Å². The van der Waals surface area contributed by atoms with E-state index >= 15 is 0 Å². The molecule has 3 N–H and O–H groups in total. The van der Waals surface area contributed by atoms with E-state index in [9.17, 15) is 22.4 Å². The van der Waals surface area contributed by atoms with E-state index < -0.39 is 27.8 Å². The lowest BCUT2D eigenvalue weighted by atomic mass is 9.76. The van der Waals surface area contributed by atoms with Gasteiger partial charge in [0.1, 0.15) is 11.6 Å². The molecule has 0 atom stereocenters. The van der Waals surface area contributed by atoms with Gasteiger partial charge in [0.05, 0.1) is 17.6 Å². The molecule has 1 saturated carbocycles. The number of amides is 3. The van der Waals surface area contributed by atoms with Gasteiger partial charge < -0.3 is 15.4 Å². The maximum Gasteiger partial charge on any atom is 0.328 e. The van der Waals surface area contributed by atoms with E-state index in [2.05, 4.69) is 29.2 Å². The number of carbonyl (C=O) groups is 2. The van der Waals surface area contributed by atoms with Crippen molar-refractivity contribution >= 4 is 22.0 Å². The number of carbonyl (C=O) groups excluding carboxylic acids is 2. The minimum atomic E-state index is -4.01. The largest absolute Gasteiger partial charge is 0.496 e. The molecule has 1 aliphatic carbocycles. The van der Waals surface area contributed by atoms with E-state index in [4.69, 9.17) is 4.74 Å². The topological polar surface area (TPSA) is 114 Å². The molecule has 190 valence electrons. The lowest BCUT2D eigenvalue weighted by molar-refractivity contribution is 0.0950. The highest BCUT2D eigenvalue weighted by molar-refractivity contribution is 7.90. The van der Waals surface area contributed by atoms with Crippen LogP contribution in [0.5, 0.6) is 5.75 Å². The summed E-state index contributed by atoms with van der Waals surface area (Å²) in [6.07, 6.45) is 4.01. The molecule has 10 heteroatoms. The molecule has 35 heavy (non-hydrogen) atoms. The molecule has 0 radical (unpaired) electrons. The summed E-state index contributed by atoms with van der Waals surface area (Å²) in [6.45, 7) is 4.63. The van der Waals surface area contributed by atoms with E-state index in [-0.39, 0.29) is 34.2 Å². The van der Waals surface area contributed by atoms with E-state index in [1.54, 1.807) is 12.1 Å². The molecule has 1 aliphatic rings. The quantitative estimate of drug-likeness (QED) is 0.506. The van der Waals surface area contributed by atoms with E-state index in [1.165, 1.54) is 31.4 Å². The predicted octanol–water partition coefficient (Wildman–Crippen LogP) is 3.76. The normalized spacial score (nSPS) is 15.8. The zero-order valence-corrected chi connectivity index (χ0v) is 21.0. The molecule has 3 rings (SSSR count). The van der Waals surface area contributed by atoms with Crippen LogP contribution in [0.3, 0.4) is 0 Å². The van der Waals surface area contributed by atoms with Crippen LogP contribution in [0.2, 0.25) is 0 Å². The van der Waals surface area contributed by atoms with Crippen molar-refractivity contribution in [2.24, 2.45) is 5.41 Å². The van der Waals surface area contributed by atoms with E-state index in [0.717, 1.165) is 37.3 Å². The molecule has 2 aromatic rings. The molecule has 0 spiro atoms. The molecule has 8 nitrogen and oxygen atoms in total. The number of benzene rings is 2. The summed E-state index contributed by atoms with van der Waals surface area (Å²) >= 11 is 0. The van der Waals surface area contributed by atoms with E-state index in [0.29, 0.717) is 6.42 Å². The monoisotopic (exact) mass is 505 g/mol. The van der Waals surface area contributed by atoms with Crippen molar-refractivity contribution in [1.29, 1.82) is 0 Å². The number of hydrogen-bond acceptors (Lipinski definition) is 5. The number of methoxy groups -OCH3 is 1. The van der Waals surface area contributed by atoms with Crippen LogP contribution in [0.15, 0.2) is 47.4 Å². The van der Waals surface area contributed by atoms with Crippen molar-refractivity contribution in [3.63, 3.8) is 0 Å². The first-order valence-corrected chi connectivity index (χ1v) is 13.0. The minimum absolute atomic E-state index is 0.0327. The van der Waals surface area contributed by atoms with Gasteiger partial charge in [-0.15, -0.1) is 0 Å². The van der Waals surface area contributed by atoms with Crippen molar-refractivity contribution in [3.05, 3.63) is 59.4 Å². The first-order valence-electron chi connectivity index (χ1n) is 11.5. The van der Waals surface area contributed by atoms with Crippen molar-refractivity contribution < 1.29 is 27.1 Å². The molecular formula is C25H32FN3O5S. The van der Waals surface area contributed by atoms with Crippen molar-refractivity contribution in [2.45, 2.75) is 56.9 Å². The fourth-order valence-corrected chi connectivity index (χ4v) is 4.96. The predicted molar refractivity (Wildman–Crippen MR) is 130 cm³/mol. The Kier molecular flexibility index (Phi) is 8.37. The summed E-state index contributed by atoms with van der Waals surface area (Å²) in [5.74, 6) is -0.752. The van der Waals surface area contributed by atoms with Gasteiger partial charge in [-0.3, -0.25) is 4.79 Å². The van der Waals surface area contributed by atoms with E-state index in [1.807, 2.05) is 0 Å². The third kappa shape index (κ3) is 7.42. The summed E-state index contributed by atoms with van der Waals surface area (Å²) in [5.41, 5.74) is 1.12. The van der Waals surface area contributed by atoms with Crippen LogP contribution >= 0.6 is 0 Å². The van der Waals surface area contributed by atoms with Crippen LogP contribution in [-0.2, 0) is 16.4 Å². The Morgan fingerprint density at radius 3 is 2.37 bits per heavy atom. The van der Waals surface area contributed by atoms with Crippen molar-refractivity contribution in [2.75, 3.05) is 13.7 Å². The van der Waals surface area contributed by atoms with Crippen molar-refractivity contribution in [3.8, 4) is 5.75 Å². The van der Waals surface area contributed by atoms with Gasteiger partial charge in [-0.25, -0.2) is 22.3 Å². The molecule has 3 amide bonds. The lowest BCUT2D eigenvalue weighted by Gasteiger charge is -2.34. The number of rotatable bonds is 8.